The molecule has 0 amide bonds. The Bertz CT molecular complexity index is 1140. The van der Waals surface area contributed by atoms with Crippen LogP contribution in [0.4, 0.5) is 5.69 Å². The highest BCUT2D eigenvalue weighted by Crippen LogP contribution is 2.35. The maximum Gasteiger partial charge on any atom is 0.243 e. The monoisotopic (exact) mass is 489 g/mol. The van der Waals surface area contributed by atoms with Gasteiger partial charge in [-0.2, -0.15) is 0 Å². The van der Waals surface area contributed by atoms with Gasteiger partial charge in [-0.1, -0.05) is 34.8 Å². The van der Waals surface area contributed by atoms with Gasteiger partial charge < -0.3 is 5.32 Å². The van der Waals surface area contributed by atoms with Crippen molar-refractivity contribution in [3.63, 3.8) is 0 Å². The summed E-state index contributed by atoms with van der Waals surface area (Å²) in [5, 5.41) is 5.25. The molecule has 2 aromatic heterocycles. The van der Waals surface area contributed by atoms with Gasteiger partial charge >= 0.3 is 0 Å². The largest absolute Gasteiger partial charge is 0.382 e. The van der Waals surface area contributed by atoms with Gasteiger partial charge in [-0.25, -0.2) is 13.1 Å². The summed E-state index contributed by atoms with van der Waals surface area (Å²) in [7, 11) is -3.68. The fourth-order valence-electron chi connectivity index (χ4n) is 3.61. The first kappa shape index (κ1) is 21.2. The standard InChI is InChI=1S/C19H18Cl3N3O2S2/c20-11-1-6-14-15(7-8-23-16(14)9-11)24-12-2-4-13(5-3-12)25-29(26,27)17-10-18(21)28-19(17)22/h1,6-10,12-13,25H,2-5H2,(H,23,24). The van der Waals surface area contributed by atoms with Crippen molar-refractivity contribution in [2.24, 2.45) is 0 Å². The van der Waals surface area contributed by atoms with E-state index in [-0.39, 0.29) is 21.3 Å². The Labute approximate surface area is 188 Å². The Hall–Kier alpha value is -1.09. The van der Waals surface area contributed by atoms with Gasteiger partial charge in [0.1, 0.15) is 9.23 Å². The van der Waals surface area contributed by atoms with E-state index in [2.05, 4.69) is 15.0 Å². The van der Waals surface area contributed by atoms with Gasteiger partial charge in [0.15, 0.2) is 0 Å². The summed E-state index contributed by atoms with van der Waals surface area (Å²) in [6, 6.07) is 9.14. The molecule has 0 radical (unpaired) electrons. The lowest BCUT2D eigenvalue weighted by atomic mass is 9.91. The number of benzene rings is 1. The van der Waals surface area contributed by atoms with E-state index in [0.717, 1.165) is 53.6 Å². The zero-order valence-electron chi connectivity index (χ0n) is 15.2. The maximum absolute atomic E-state index is 12.6. The minimum atomic E-state index is -3.68. The fourth-order valence-corrected chi connectivity index (χ4v) is 7.23. The van der Waals surface area contributed by atoms with Crippen molar-refractivity contribution in [1.29, 1.82) is 0 Å². The third-order valence-electron chi connectivity index (χ3n) is 5.03. The molecule has 4 rings (SSSR count). The molecule has 1 aromatic carbocycles. The molecule has 3 aromatic rings. The third-order valence-corrected chi connectivity index (χ3v) is 8.54. The van der Waals surface area contributed by atoms with E-state index in [1.165, 1.54) is 6.07 Å². The van der Waals surface area contributed by atoms with Gasteiger partial charge in [-0.3, -0.25) is 4.98 Å². The van der Waals surface area contributed by atoms with E-state index in [0.29, 0.717) is 9.36 Å². The molecule has 0 unspecified atom stereocenters. The Morgan fingerprint density at radius 3 is 2.41 bits per heavy atom. The van der Waals surface area contributed by atoms with E-state index < -0.39 is 10.0 Å². The van der Waals surface area contributed by atoms with Crippen molar-refractivity contribution in [3.05, 3.63) is 50.2 Å². The van der Waals surface area contributed by atoms with Crippen LogP contribution in [0.3, 0.4) is 0 Å². The van der Waals surface area contributed by atoms with Crippen LogP contribution < -0.4 is 10.0 Å². The fraction of sp³-hybridized carbons (Fsp3) is 0.316. The Morgan fingerprint density at radius 1 is 1.00 bits per heavy atom. The molecule has 0 saturated heterocycles. The van der Waals surface area contributed by atoms with Crippen LogP contribution in [0.15, 0.2) is 41.4 Å². The number of anilines is 1. The summed E-state index contributed by atoms with van der Waals surface area (Å²) in [5.41, 5.74) is 1.85. The van der Waals surface area contributed by atoms with Crippen LogP contribution in [-0.2, 0) is 10.0 Å². The molecule has 0 aliphatic heterocycles. The quantitative estimate of drug-likeness (QED) is 0.463. The number of thiophene rings is 1. The van der Waals surface area contributed by atoms with Crippen LogP contribution in [0, 0.1) is 0 Å². The van der Waals surface area contributed by atoms with Crippen molar-refractivity contribution in [3.8, 4) is 0 Å². The number of rotatable bonds is 5. The molecule has 10 heteroatoms. The molecule has 1 saturated carbocycles. The normalized spacial score (nSPS) is 20.1. The van der Waals surface area contributed by atoms with Gasteiger partial charge in [0, 0.05) is 34.4 Å². The summed E-state index contributed by atoms with van der Waals surface area (Å²) in [5.74, 6) is 0. The van der Waals surface area contributed by atoms with Crippen LogP contribution in [0.2, 0.25) is 13.7 Å². The lowest BCUT2D eigenvalue weighted by Crippen LogP contribution is -2.40. The highest BCUT2D eigenvalue weighted by atomic mass is 35.5. The molecule has 5 nitrogen and oxygen atoms in total. The van der Waals surface area contributed by atoms with E-state index in [9.17, 15) is 8.42 Å². The average molecular weight is 491 g/mol. The second kappa shape index (κ2) is 8.57. The van der Waals surface area contributed by atoms with Crippen molar-refractivity contribution in [2.75, 3.05) is 5.32 Å². The lowest BCUT2D eigenvalue weighted by Gasteiger charge is -2.30. The van der Waals surface area contributed by atoms with Gasteiger partial charge in [0.2, 0.25) is 10.0 Å². The Balaban J connectivity index is 1.39. The molecule has 0 bridgehead atoms. The van der Waals surface area contributed by atoms with Gasteiger partial charge in [-0.05, 0) is 56.0 Å². The number of sulfonamides is 1. The molecule has 0 spiro atoms. The molecule has 1 fully saturated rings. The average Bonchev–Trinajstić information content (AvgIpc) is 3.02. The zero-order chi connectivity index (χ0) is 20.6. The summed E-state index contributed by atoms with van der Waals surface area (Å²) in [6.07, 6.45) is 4.93. The van der Waals surface area contributed by atoms with Gasteiger partial charge in [0.25, 0.3) is 0 Å². The Morgan fingerprint density at radius 2 is 1.72 bits per heavy atom. The number of nitrogens with one attached hydrogen (secondary N) is 2. The van der Waals surface area contributed by atoms with Crippen LogP contribution in [0.5, 0.6) is 0 Å². The molecule has 1 aliphatic rings. The van der Waals surface area contributed by atoms with Gasteiger partial charge in [0.05, 0.1) is 9.85 Å². The number of nitrogens with zero attached hydrogens (tertiary/aromatic N) is 1. The Kier molecular flexibility index (Phi) is 6.25. The van der Waals surface area contributed by atoms with Crippen molar-refractivity contribution >= 4 is 72.8 Å². The molecular weight excluding hydrogens is 473 g/mol. The first-order chi connectivity index (χ1) is 13.8. The van der Waals surface area contributed by atoms with Crippen molar-refractivity contribution in [1.82, 2.24) is 9.71 Å². The number of hydrogen-bond acceptors (Lipinski definition) is 5. The smallest absolute Gasteiger partial charge is 0.243 e. The lowest BCUT2D eigenvalue weighted by molar-refractivity contribution is 0.387. The second-order valence-corrected chi connectivity index (χ2v) is 11.4. The van der Waals surface area contributed by atoms with Crippen molar-refractivity contribution in [2.45, 2.75) is 42.7 Å². The molecular formula is C19H18Cl3N3O2S2. The van der Waals surface area contributed by atoms with Crippen molar-refractivity contribution < 1.29 is 8.42 Å². The zero-order valence-corrected chi connectivity index (χ0v) is 19.1. The number of halogens is 3. The number of aromatic nitrogens is 1. The van der Waals surface area contributed by atoms with E-state index in [4.69, 9.17) is 34.8 Å². The highest BCUT2D eigenvalue weighted by Gasteiger charge is 2.28. The van der Waals surface area contributed by atoms with Crippen LogP contribution in [-0.4, -0.2) is 25.5 Å². The minimum Gasteiger partial charge on any atom is -0.382 e. The van der Waals surface area contributed by atoms with E-state index >= 15 is 0 Å². The molecule has 1 aliphatic carbocycles. The number of fused-ring (bicyclic) bond motifs is 1. The van der Waals surface area contributed by atoms with Crippen LogP contribution in [0.1, 0.15) is 25.7 Å². The summed E-state index contributed by atoms with van der Waals surface area (Å²) < 4.78 is 28.5. The van der Waals surface area contributed by atoms with Crippen LogP contribution in [0.25, 0.3) is 10.9 Å². The van der Waals surface area contributed by atoms with Crippen LogP contribution >= 0.6 is 46.1 Å². The summed E-state index contributed by atoms with van der Waals surface area (Å²) in [4.78, 5) is 4.42. The SMILES string of the molecule is O=S(=O)(NC1CCC(Nc2ccnc3cc(Cl)ccc23)CC1)c1cc(Cl)sc1Cl. The molecule has 2 heterocycles. The molecule has 29 heavy (non-hydrogen) atoms. The number of pyridine rings is 1. The molecule has 2 N–H and O–H groups in total. The predicted octanol–water partition coefficient (Wildman–Crippen LogP) is 5.96. The molecule has 154 valence electrons. The predicted molar refractivity (Wildman–Crippen MR) is 121 cm³/mol. The second-order valence-electron chi connectivity index (χ2n) is 7.02. The minimum absolute atomic E-state index is 0.0522. The van der Waals surface area contributed by atoms with E-state index in [1.54, 1.807) is 6.20 Å². The van der Waals surface area contributed by atoms with E-state index in [1.807, 2.05) is 24.3 Å². The highest BCUT2D eigenvalue weighted by molar-refractivity contribution is 7.89. The number of hydrogen-bond donors (Lipinski definition) is 2. The topological polar surface area (TPSA) is 71.1 Å². The summed E-state index contributed by atoms with van der Waals surface area (Å²) >= 11 is 19.0. The maximum atomic E-state index is 12.6. The third kappa shape index (κ3) is 4.81. The first-order valence-corrected chi connectivity index (χ1v) is 12.5. The first-order valence-electron chi connectivity index (χ1n) is 9.10. The molecule has 0 atom stereocenters. The summed E-state index contributed by atoms with van der Waals surface area (Å²) in [6.45, 7) is 0. The van der Waals surface area contributed by atoms with Gasteiger partial charge in [-0.15, -0.1) is 11.3 Å².